The largest absolute Gasteiger partial charge is 0.497 e. The van der Waals surface area contributed by atoms with E-state index in [1.807, 2.05) is 43.3 Å². The summed E-state index contributed by atoms with van der Waals surface area (Å²) in [5.41, 5.74) is 5.62. The summed E-state index contributed by atoms with van der Waals surface area (Å²) in [6.07, 6.45) is 5.63. The normalized spacial score (nSPS) is 14.7. The van der Waals surface area contributed by atoms with Gasteiger partial charge in [-0.1, -0.05) is 31.4 Å². The number of hydrogen-bond donors (Lipinski definition) is 1. The predicted molar refractivity (Wildman–Crippen MR) is 115 cm³/mol. The Kier molecular flexibility index (Phi) is 5.47. The Balaban J connectivity index is 1.82. The Morgan fingerprint density at radius 1 is 1.00 bits per heavy atom. The number of ether oxygens (including phenoxy) is 1. The van der Waals surface area contributed by atoms with Gasteiger partial charge in [-0.2, -0.15) is 0 Å². The van der Waals surface area contributed by atoms with Crippen molar-refractivity contribution in [1.29, 1.82) is 0 Å². The number of carbonyl (C=O) groups is 1. The number of nitrogens with one attached hydrogen (secondary N) is 1. The summed E-state index contributed by atoms with van der Waals surface area (Å²) in [5.74, 6) is 0.575. The SMILES string of the molecule is COc1cccc(-c2nc3cc(C)c(C)cc3nc2C(=O)NC2CCCCC2)c1. The molecule has 2 aromatic carbocycles. The van der Waals surface area contributed by atoms with E-state index in [0.29, 0.717) is 11.4 Å². The first-order valence-electron chi connectivity index (χ1n) is 10.3. The zero-order valence-electron chi connectivity index (χ0n) is 17.3. The quantitative estimate of drug-likeness (QED) is 0.683. The minimum Gasteiger partial charge on any atom is -0.497 e. The molecule has 5 heteroatoms. The number of aromatic nitrogens is 2. The maximum absolute atomic E-state index is 13.2. The van der Waals surface area contributed by atoms with Crippen molar-refractivity contribution < 1.29 is 9.53 Å². The van der Waals surface area contributed by atoms with E-state index < -0.39 is 0 Å². The molecule has 1 aromatic heterocycles. The lowest BCUT2D eigenvalue weighted by atomic mass is 9.95. The summed E-state index contributed by atoms with van der Waals surface area (Å²) >= 11 is 0. The topological polar surface area (TPSA) is 64.1 Å². The Morgan fingerprint density at radius 2 is 1.69 bits per heavy atom. The van der Waals surface area contributed by atoms with E-state index in [1.54, 1.807) is 7.11 Å². The third kappa shape index (κ3) is 4.09. The van der Waals surface area contributed by atoms with Gasteiger partial charge in [0.05, 0.1) is 18.1 Å². The van der Waals surface area contributed by atoms with Crippen LogP contribution in [0, 0.1) is 13.8 Å². The van der Waals surface area contributed by atoms with Crippen LogP contribution in [0.1, 0.15) is 53.7 Å². The molecule has 29 heavy (non-hydrogen) atoms. The third-order valence-corrected chi connectivity index (χ3v) is 5.78. The van der Waals surface area contributed by atoms with Gasteiger partial charge >= 0.3 is 0 Å². The van der Waals surface area contributed by atoms with E-state index in [9.17, 15) is 4.79 Å². The average Bonchev–Trinajstić information content (AvgIpc) is 2.74. The van der Waals surface area contributed by atoms with Crippen LogP contribution in [0.5, 0.6) is 5.75 Å². The average molecular weight is 389 g/mol. The molecule has 0 radical (unpaired) electrons. The van der Waals surface area contributed by atoms with Crippen molar-refractivity contribution in [3.63, 3.8) is 0 Å². The van der Waals surface area contributed by atoms with Gasteiger partial charge in [-0.05, 0) is 62.1 Å². The van der Waals surface area contributed by atoms with Crippen LogP contribution < -0.4 is 10.1 Å². The molecule has 0 spiro atoms. The number of amides is 1. The van der Waals surface area contributed by atoms with E-state index in [-0.39, 0.29) is 11.9 Å². The van der Waals surface area contributed by atoms with Gasteiger partial charge in [-0.15, -0.1) is 0 Å². The first kappa shape index (κ1) is 19.4. The highest BCUT2D eigenvalue weighted by Gasteiger charge is 2.22. The molecule has 5 nitrogen and oxygen atoms in total. The summed E-state index contributed by atoms with van der Waals surface area (Å²) in [6.45, 7) is 4.11. The van der Waals surface area contributed by atoms with Crippen molar-refractivity contribution >= 4 is 16.9 Å². The molecule has 0 unspecified atom stereocenters. The monoisotopic (exact) mass is 389 g/mol. The fourth-order valence-electron chi connectivity index (χ4n) is 3.94. The second kappa shape index (κ2) is 8.19. The van der Waals surface area contributed by atoms with Crippen LogP contribution in [0.3, 0.4) is 0 Å². The van der Waals surface area contributed by atoms with Crippen molar-refractivity contribution in [2.75, 3.05) is 7.11 Å². The molecular weight excluding hydrogens is 362 g/mol. The van der Waals surface area contributed by atoms with Crippen molar-refractivity contribution in [3.8, 4) is 17.0 Å². The number of rotatable bonds is 4. The highest BCUT2D eigenvalue weighted by molar-refractivity contribution is 6.00. The van der Waals surface area contributed by atoms with Gasteiger partial charge in [0.1, 0.15) is 11.4 Å². The van der Waals surface area contributed by atoms with E-state index in [0.717, 1.165) is 59.2 Å². The Morgan fingerprint density at radius 3 is 2.38 bits per heavy atom. The summed E-state index contributed by atoms with van der Waals surface area (Å²) in [7, 11) is 1.63. The molecule has 1 N–H and O–H groups in total. The van der Waals surface area contributed by atoms with Crippen LogP contribution in [0.25, 0.3) is 22.3 Å². The zero-order valence-corrected chi connectivity index (χ0v) is 17.3. The molecule has 1 fully saturated rings. The maximum Gasteiger partial charge on any atom is 0.272 e. The standard InChI is InChI=1S/C24H27N3O2/c1-15-12-20-21(13-16(15)2)27-23(24(28)25-18-9-5-4-6-10-18)22(26-20)17-8-7-11-19(14-17)29-3/h7-8,11-14,18H,4-6,9-10H2,1-3H3,(H,25,28). The van der Waals surface area contributed by atoms with Gasteiger partial charge in [-0.25, -0.2) is 9.97 Å². The molecule has 1 heterocycles. The van der Waals surface area contributed by atoms with Crippen molar-refractivity contribution in [2.24, 2.45) is 0 Å². The molecular formula is C24H27N3O2. The van der Waals surface area contributed by atoms with Crippen molar-refractivity contribution in [3.05, 3.63) is 53.2 Å². The lowest BCUT2D eigenvalue weighted by molar-refractivity contribution is 0.0923. The lowest BCUT2D eigenvalue weighted by Gasteiger charge is -2.23. The summed E-state index contributed by atoms with van der Waals surface area (Å²) in [5, 5.41) is 3.19. The molecule has 1 aliphatic carbocycles. The minimum atomic E-state index is -0.151. The number of hydrogen-bond acceptors (Lipinski definition) is 4. The van der Waals surface area contributed by atoms with Crippen LogP contribution in [0.4, 0.5) is 0 Å². The van der Waals surface area contributed by atoms with E-state index in [1.165, 1.54) is 6.42 Å². The molecule has 1 aliphatic rings. The number of nitrogens with zero attached hydrogens (tertiary/aromatic N) is 2. The van der Waals surface area contributed by atoms with Crippen LogP contribution in [-0.2, 0) is 0 Å². The lowest BCUT2D eigenvalue weighted by Crippen LogP contribution is -2.37. The molecule has 4 rings (SSSR count). The number of methoxy groups -OCH3 is 1. The van der Waals surface area contributed by atoms with Crippen LogP contribution in [0.15, 0.2) is 36.4 Å². The molecule has 0 saturated heterocycles. The Bertz CT molecular complexity index is 1060. The van der Waals surface area contributed by atoms with Gasteiger partial charge in [0.15, 0.2) is 5.69 Å². The summed E-state index contributed by atoms with van der Waals surface area (Å²) < 4.78 is 5.37. The van der Waals surface area contributed by atoms with E-state index in [4.69, 9.17) is 14.7 Å². The van der Waals surface area contributed by atoms with Gasteiger partial charge < -0.3 is 10.1 Å². The fraction of sp³-hybridized carbons (Fsp3) is 0.375. The van der Waals surface area contributed by atoms with E-state index in [2.05, 4.69) is 12.2 Å². The molecule has 150 valence electrons. The zero-order chi connectivity index (χ0) is 20.4. The Labute approximate surface area is 171 Å². The third-order valence-electron chi connectivity index (χ3n) is 5.78. The molecule has 0 bridgehead atoms. The second-order valence-electron chi connectivity index (χ2n) is 7.89. The highest BCUT2D eigenvalue weighted by atomic mass is 16.5. The highest BCUT2D eigenvalue weighted by Crippen LogP contribution is 2.28. The molecule has 0 aliphatic heterocycles. The fourth-order valence-corrected chi connectivity index (χ4v) is 3.94. The molecule has 0 atom stereocenters. The van der Waals surface area contributed by atoms with Gasteiger partial charge in [-0.3, -0.25) is 4.79 Å². The van der Waals surface area contributed by atoms with Crippen LogP contribution >= 0.6 is 0 Å². The number of aryl methyl sites for hydroxylation is 2. The van der Waals surface area contributed by atoms with Crippen LogP contribution in [-0.4, -0.2) is 29.0 Å². The van der Waals surface area contributed by atoms with E-state index >= 15 is 0 Å². The summed E-state index contributed by atoms with van der Waals surface area (Å²) in [4.78, 5) is 22.8. The first-order chi connectivity index (χ1) is 14.0. The maximum atomic E-state index is 13.2. The Hall–Kier alpha value is -2.95. The first-order valence-corrected chi connectivity index (χ1v) is 10.3. The van der Waals surface area contributed by atoms with Gasteiger partial charge in [0, 0.05) is 11.6 Å². The van der Waals surface area contributed by atoms with Crippen molar-refractivity contribution in [1.82, 2.24) is 15.3 Å². The van der Waals surface area contributed by atoms with Crippen LogP contribution in [0.2, 0.25) is 0 Å². The number of fused-ring (bicyclic) bond motifs is 1. The second-order valence-corrected chi connectivity index (χ2v) is 7.89. The summed E-state index contributed by atoms with van der Waals surface area (Å²) in [6, 6.07) is 11.9. The number of carbonyl (C=O) groups excluding carboxylic acids is 1. The predicted octanol–water partition coefficient (Wildman–Crippen LogP) is 4.98. The molecule has 1 amide bonds. The molecule has 1 saturated carbocycles. The smallest absolute Gasteiger partial charge is 0.272 e. The van der Waals surface area contributed by atoms with Gasteiger partial charge in [0.25, 0.3) is 5.91 Å². The van der Waals surface area contributed by atoms with Crippen molar-refractivity contribution in [2.45, 2.75) is 52.0 Å². The minimum absolute atomic E-state index is 0.151. The molecule has 3 aromatic rings. The van der Waals surface area contributed by atoms with Gasteiger partial charge in [0.2, 0.25) is 0 Å². The number of benzene rings is 2.